The van der Waals surface area contributed by atoms with Crippen molar-refractivity contribution in [3.8, 4) is 6.07 Å². The van der Waals surface area contributed by atoms with Gasteiger partial charge in [-0.1, -0.05) is 13.3 Å². The highest BCUT2D eigenvalue weighted by Gasteiger charge is 2.47. The average molecular weight is 300 g/mol. The van der Waals surface area contributed by atoms with Crippen LogP contribution in [0.5, 0.6) is 0 Å². The maximum Gasteiger partial charge on any atom is 0.243 e. The van der Waals surface area contributed by atoms with Crippen molar-refractivity contribution in [1.29, 1.82) is 5.26 Å². The van der Waals surface area contributed by atoms with Crippen LogP contribution < -0.4 is 0 Å². The Bertz CT molecular complexity index is 574. The van der Waals surface area contributed by atoms with Crippen LogP contribution in [-0.4, -0.2) is 33.7 Å². The van der Waals surface area contributed by atoms with Crippen LogP contribution >= 0.6 is 0 Å². The van der Waals surface area contributed by atoms with E-state index in [1.807, 2.05) is 11.1 Å². The predicted molar refractivity (Wildman–Crippen MR) is 83.0 cm³/mol. The van der Waals surface area contributed by atoms with E-state index in [2.05, 4.69) is 29.0 Å². The molecule has 2 fully saturated rings. The van der Waals surface area contributed by atoms with Gasteiger partial charge in [0.25, 0.3) is 0 Å². The number of rotatable bonds is 4. The van der Waals surface area contributed by atoms with Gasteiger partial charge in [-0.2, -0.15) is 10.4 Å². The zero-order valence-corrected chi connectivity index (χ0v) is 13.3. The van der Waals surface area contributed by atoms with Crippen molar-refractivity contribution in [1.82, 2.24) is 14.7 Å². The molecule has 1 aromatic rings. The summed E-state index contributed by atoms with van der Waals surface area (Å²) in [5.41, 5.74) is 0.589. The normalized spacial score (nSPS) is 21.2. The number of piperidine rings is 1. The lowest BCUT2D eigenvalue weighted by Crippen LogP contribution is -2.49. The molecule has 1 aliphatic carbocycles. The minimum atomic E-state index is -0.702. The van der Waals surface area contributed by atoms with Crippen molar-refractivity contribution in [3.05, 3.63) is 18.0 Å². The second kappa shape index (κ2) is 6.12. The summed E-state index contributed by atoms with van der Waals surface area (Å²) in [5.74, 6) is 0.0619. The molecule has 1 amide bonds. The summed E-state index contributed by atoms with van der Waals surface area (Å²) in [6.07, 6.45) is 10.7. The zero-order valence-electron chi connectivity index (χ0n) is 13.3. The van der Waals surface area contributed by atoms with E-state index in [9.17, 15) is 10.1 Å². The summed E-state index contributed by atoms with van der Waals surface area (Å²) >= 11 is 0. The third-order valence-corrected chi connectivity index (χ3v) is 5.15. The highest BCUT2D eigenvalue weighted by atomic mass is 16.2. The van der Waals surface area contributed by atoms with E-state index >= 15 is 0 Å². The number of hydrogen-bond donors (Lipinski definition) is 0. The van der Waals surface area contributed by atoms with Crippen LogP contribution in [0.3, 0.4) is 0 Å². The molecule has 0 atom stereocenters. The zero-order chi connectivity index (χ0) is 15.6. The van der Waals surface area contributed by atoms with Gasteiger partial charge in [0.05, 0.1) is 18.3 Å². The maximum absolute atomic E-state index is 12.5. The van der Waals surface area contributed by atoms with Gasteiger partial charge < -0.3 is 4.90 Å². The fourth-order valence-corrected chi connectivity index (χ4v) is 3.53. The Kier molecular flexibility index (Phi) is 4.19. The van der Waals surface area contributed by atoms with Crippen LogP contribution in [-0.2, 0) is 11.2 Å². The molecule has 5 nitrogen and oxygen atoms in total. The highest BCUT2D eigenvalue weighted by molar-refractivity contribution is 5.86. The molecule has 0 aromatic carbocycles. The van der Waals surface area contributed by atoms with E-state index in [-0.39, 0.29) is 5.91 Å². The first-order valence-electron chi connectivity index (χ1n) is 8.42. The number of aromatic nitrogens is 2. The van der Waals surface area contributed by atoms with Gasteiger partial charge in [-0.15, -0.1) is 0 Å². The number of amides is 1. The second-order valence-electron chi connectivity index (χ2n) is 6.65. The minimum Gasteiger partial charge on any atom is -0.341 e. The summed E-state index contributed by atoms with van der Waals surface area (Å²) < 4.78 is 2.07. The minimum absolute atomic E-state index is 0.0619. The van der Waals surface area contributed by atoms with Crippen molar-refractivity contribution in [2.24, 2.45) is 5.41 Å². The molecule has 1 aliphatic heterocycles. The van der Waals surface area contributed by atoms with Crippen molar-refractivity contribution >= 4 is 5.91 Å². The summed E-state index contributed by atoms with van der Waals surface area (Å²) in [6.45, 7) is 3.67. The quantitative estimate of drug-likeness (QED) is 0.859. The summed E-state index contributed by atoms with van der Waals surface area (Å²) in [6, 6.07) is 2.65. The molecule has 0 N–H and O–H groups in total. The van der Waals surface area contributed by atoms with Gasteiger partial charge in [-0.3, -0.25) is 9.48 Å². The summed E-state index contributed by atoms with van der Waals surface area (Å²) in [5, 5.41) is 13.8. The Morgan fingerprint density at radius 2 is 2.18 bits per heavy atom. The van der Waals surface area contributed by atoms with Gasteiger partial charge >= 0.3 is 0 Å². The average Bonchev–Trinajstić information content (AvgIpc) is 2.96. The molecule has 5 heteroatoms. The Balaban J connectivity index is 1.58. The molecule has 118 valence electrons. The van der Waals surface area contributed by atoms with E-state index in [1.165, 1.54) is 5.56 Å². The van der Waals surface area contributed by atoms with E-state index in [4.69, 9.17) is 0 Å². The van der Waals surface area contributed by atoms with Gasteiger partial charge in [0.1, 0.15) is 5.41 Å². The van der Waals surface area contributed by atoms with Crippen molar-refractivity contribution < 1.29 is 4.79 Å². The molecule has 0 bridgehead atoms. The SMILES string of the molecule is CCCc1cnn(C2CCN(C(=O)C3(C#N)CCC3)CC2)c1. The van der Waals surface area contributed by atoms with E-state index in [0.717, 1.165) is 58.0 Å². The third kappa shape index (κ3) is 2.63. The number of aryl methyl sites for hydroxylation is 1. The molecule has 2 heterocycles. The van der Waals surface area contributed by atoms with Crippen LogP contribution in [0.2, 0.25) is 0 Å². The third-order valence-electron chi connectivity index (χ3n) is 5.15. The van der Waals surface area contributed by atoms with Crippen LogP contribution in [0, 0.1) is 16.7 Å². The second-order valence-corrected chi connectivity index (χ2v) is 6.65. The predicted octanol–water partition coefficient (Wildman–Crippen LogP) is 2.69. The number of nitrogens with zero attached hydrogens (tertiary/aromatic N) is 4. The topological polar surface area (TPSA) is 61.9 Å². The molecule has 22 heavy (non-hydrogen) atoms. The van der Waals surface area contributed by atoms with Crippen molar-refractivity contribution in [2.45, 2.75) is 57.9 Å². The maximum atomic E-state index is 12.5. The Morgan fingerprint density at radius 3 is 2.73 bits per heavy atom. The lowest BCUT2D eigenvalue weighted by molar-refractivity contribution is -0.144. The van der Waals surface area contributed by atoms with Crippen LogP contribution in [0.4, 0.5) is 0 Å². The highest BCUT2D eigenvalue weighted by Crippen LogP contribution is 2.42. The lowest BCUT2D eigenvalue weighted by atomic mass is 9.69. The van der Waals surface area contributed by atoms with Crippen molar-refractivity contribution in [3.63, 3.8) is 0 Å². The van der Waals surface area contributed by atoms with E-state index < -0.39 is 5.41 Å². The molecule has 2 aliphatic rings. The number of carbonyl (C=O) groups excluding carboxylic acids is 1. The first-order valence-corrected chi connectivity index (χ1v) is 8.42. The largest absolute Gasteiger partial charge is 0.341 e. The molecule has 1 saturated heterocycles. The van der Waals surface area contributed by atoms with Crippen molar-refractivity contribution in [2.75, 3.05) is 13.1 Å². The first kappa shape index (κ1) is 15.1. The number of nitriles is 1. The molecule has 0 unspecified atom stereocenters. The molecule has 0 spiro atoms. The standard InChI is InChI=1S/C17H24N4O/c1-2-4-14-11-19-21(12-14)15-5-9-20(10-6-15)16(22)17(13-18)7-3-8-17/h11-12,15H,2-10H2,1H3. The molecule has 3 rings (SSSR count). The van der Waals surface area contributed by atoms with E-state index in [1.54, 1.807) is 0 Å². The van der Waals surface area contributed by atoms with Gasteiger partial charge in [0, 0.05) is 19.3 Å². The number of likely N-dealkylation sites (tertiary alicyclic amines) is 1. The van der Waals surface area contributed by atoms with Gasteiger partial charge in [-0.25, -0.2) is 0 Å². The Hall–Kier alpha value is -1.83. The number of hydrogen-bond acceptors (Lipinski definition) is 3. The Morgan fingerprint density at radius 1 is 1.45 bits per heavy atom. The van der Waals surface area contributed by atoms with Crippen LogP contribution in [0.15, 0.2) is 12.4 Å². The van der Waals surface area contributed by atoms with E-state index in [0.29, 0.717) is 6.04 Å². The molecular weight excluding hydrogens is 276 g/mol. The van der Waals surface area contributed by atoms with Gasteiger partial charge in [0.2, 0.25) is 5.91 Å². The number of carbonyl (C=O) groups is 1. The Labute approximate surface area is 131 Å². The molecule has 0 radical (unpaired) electrons. The van der Waals surface area contributed by atoms with Gasteiger partial charge in [-0.05, 0) is 44.1 Å². The first-order chi connectivity index (χ1) is 10.7. The molecule has 1 aromatic heterocycles. The fraction of sp³-hybridized carbons (Fsp3) is 0.706. The van der Waals surface area contributed by atoms with Gasteiger partial charge in [0.15, 0.2) is 0 Å². The molecule has 1 saturated carbocycles. The summed E-state index contributed by atoms with van der Waals surface area (Å²) in [7, 11) is 0. The fourth-order valence-electron chi connectivity index (χ4n) is 3.53. The lowest BCUT2D eigenvalue weighted by Gasteiger charge is -2.40. The summed E-state index contributed by atoms with van der Waals surface area (Å²) in [4.78, 5) is 14.4. The smallest absolute Gasteiger partial charge is 0.243 e. The molecular formula is C17H24N4O. The monoisotopic (exact) mass is 300 g/mol. The van der Waals surface area contributed by atoms with Crippen LogP contribution in [0.1, 0.15) is 57.1 Å². The van der Waals surface area contributed by atoms with Crippen LogP contribution in [0.25, 0.3) is 0 Å².